The molecule has 3 heterocycles. The van der Waals surface area contributed by atoms with Crippen molar-refractivity contribution in [3.8, 4) is 66.8 Å². The van der Waals surface area contributed by atoms with Crippen molar-refractivity contribution in [2.45, 2.75) is 37.0 Å². The molecule has 0 aliphatic heterocycles. The minimum Gasteiger partial charge on any atom is -0.454 e. The van der Waals surface area contributed by atoms with E-state index in [1.165, 1.54) is 88.3 Å². The summed E-state index contributed by atoms with van der Waals surface area (Å²) in [5, 5.41) is 13.6. The Labute approximate surface area is 833 Å². The number of hydrogen-bond donors (Lipinski definition) is 0. The van der Waals surface area contributed by atoms with Gasteiger partial charge in [0.05, 0.1) is 33.6 Å². The van der Waals surface area contributed by atoms with E-state index in [-0.39, 0.29) is 5.41 Å². The molecule has 0 saturated carbocycles. The van der Waals surface area contributed by atoms with E-state index >= 15 is 0 Å². The number of anilines is 9. The second-order valence-corrected chi connectivity index (χ2v) is 39.6. The van der Waals surface area contributed by atoms with E-state index in [9.17, 15) is 0 Å². The molecule has 26 aromatic rings. The van der Waals surface area contributed by atoms with Gasteiger partial charge in [0, 0.05) is 71.7 Å². The zero-order valence-corrected chi connectivity index (χ0v) is 79.4. The molecule has 3 aliphatic carbocycles. The monoisotopic (exact) mass is 1840 g/mol. The number of aryl methyl sites for hydroxylation is 1. The van der Waals surface area contributed by atoms with E-state index in [1.54, 1.807) is 0 Å². The second kappa shape index (κ2) is 32.1. The number of hydrogen-bond acceptors (Lipinski definition) is 6. The normalized spacial score (nSPS) is 14.7. The van der Waals surface area contributed by atoms with E-state index in [2.05, 4.69) is 533 Å². The van der Waals surface area contributed by atoms with E-state index in [0.717, 1.165) is 189 Å². The van der Waals surface area contributed by atoms with Gasteiger partial charge in [-0.1, -0.05) is 384 Å². The molecule has 29 rings (SSSR count). The second-order valence-electron chi connectivity index (χ2n) is 39.6. The molecule has 2 unspecified atom stereocenters. The number of nitrogens with zero attached hydrogens (tertiary/aromatic N) is 3. The lowest BCUT2D eigenvalue weighted by Gasteiger charge is -2.35. The van der Waals surface area contributed by atoms with Crippen LogP contribution in [-0.2, 0) is 16.2 Å². The zero-order valence-electron chi connectivity index (χ0n) is 79.4. The minimum absolute atomic E-state index is 0.357. The third-order valence-electron chi connectivity index (χ3n) is 31.6. The summed E-state index contributed by atoms with van der Waals surface area (Å²) in [6.45, 7) is 7.00. The van der Waals surface area contributed by atoms with Gasteiger partial charge in [0.15, 0.2) is 16.7 Å². The van der Waals surface area contributed by atoms with Crippen molar-refractivity contribution in [1.82, 2.24) is 0 Å². The smallest absolute Gasteiger partial charge is 0.159 e. The predicted molar refractivity (Wildman–Crippen MR) is 598 cm³/mol. The number of furan rings is 3. The molecular formula is C138H91N3O3. The van der Waals surface area contributed by atoms with Crippen LogP contribution < -0.4 is 14.7 Å². The lowest BCUT2D eigenvalue weighted by molar-refractivity contribution is 0.660. The zero-order chi connectivity index (χ0) is 95.2. The van der Waals surface area contributed by atoms with Gasteiger partial charge in [-0.3, -0.25) is 0 Å². The van der Waals surface area contributed by atoms with Crippen LogP contribution in [0.4, 0.5) is 51.2 Å². The molecule has 0 saturated heterocycles. The molecule has 0 radical (unpaired) electrons. The molecule has 0 amide bonds. The molecule has 144 heavy (non-hydrogen) atoms. The Morgan fingerprint density at radius 1 is 0.188 bits per heavy atom. The van der Waals surface area contributed by atoms with Gasteiger partial charge < -0.3 is 28.0 Å². The highest BCUT2D eigenvalue weighted by Gasteiger charge is 2.50. The molecule has 0 spiro atoms. The lowest BCUT2D eigenvalue weighted by atomic mass is 9.67. The fraction of sp³-hybridized carbons (Fsp3) is 0.0435. The predicted octanol–water partition coefficient (Wildman–Crippen LogP) is 37.6. The van der Waals surface area contributed by atoms with Crippen LogP contribution in [0, 0.1) is 6.92 Å². The first kappa shape index (κ1) is 82.7. The highest BCUT2D eigenvalue weighted by Crippen LogP contribution is 2.64. The lowest BCUT2D eigenvalue weighted by Crippen LogP contribution is -2.29. The number of benzene rings is 23. The molecule has 0 N–H and O–H groups in total. The molecule has 0 bridgehead atoms. The summed E-state index contributed by atoms with van der Waals surface area (Å²) in [6, 6.07) is 186. The topological polar surface area (TPSA) is 49.1 Å². The highest BCUT2D eigenvalue weighted by molar-refractivity contribution is 6.16. The van der Waals surface area contributed by atoms with Gasteiger partial charge in [0.25, 0.3) is 0 Å². The first-order valence-corrected chi connectivity index (χ1v) is 49.9. The molecule has 6 heteroatoms. The summed E-state index contributed by atoms with van der Waals surface area (Å²) in [6.07, 6.45) is 0. The van der Waals surface area contributed by atoms with Crippen molar-refractivity contribution in [1.29, 1.82) is 0 Å². The van der Waals surface area contributed by atoms with Crippen molar-refractivity contribution < 1.29 is 13.3 Å². The Kier molecular flexibility index (Phi) is 18.4. The fourth-order valence-electron chi connectivity index (χ4n) is 25.2. The molecular weight excluding hydrogens is 1750 g/mol. The Balaban J connectivity index is 0.627. The van der Waals surface area contributed by atoms with Gasteiger partial charge >= 0.3 is 0 Å². The third kappa shape index (κ3) is 12.3. The molecule has 2 atom stereocenters. The van der Waals surface area contributed by atoms with Crippen molar-refractivity contribution in [3.05, 3.63) is 559 Å². The number of fused-ring (bicyclic) bond motifs is 24. The van der Waals surface area contributed by atoms with E-state index < -0.39 is 10.8 Å². The Hall–Kier alpha value is -18.4. The Bertz CT molecular complexity index is 9810. The largest absolute Gasteiger partial charge is 0.454 e. The molecule has 23 aromatic carbocycles. The quantitative estimate of drug-likeness (QED) is 0.0961. The van der Waals surface area contributed by atoms with Gasteiger partial charge in [-0.05, 0) is 289 Å². The van der Waals surface area contributed by atoms with Crippen molar-refractivity contribution >= 4 is 149 Å². The van der Waals surface area contributed by atoms with Gasteiger partial charge in [0.1, 0.15) is 16.7 Å². The number of rotatable bonds is 16. The standard InChI is InChI=1S/C138H91N3O3/c1-86-32-26-46-100(78-86)140(125-57-30-53-110-107-50-20-24-60-128(107)143-134(110)125)102-70-73-114-121(84-102)138(96-40-12-6-13-41-96,98-43-28-36-91(80-98)93-64-62-89-66-75-117-131(115(89)81-93)112-72-69-101(83-120(112)136(117,2)3)139(99-44-14-7-15-45-99)124-56-29-52-109-106-49-19-23-59-127(106)142-133(109)124)119-77-68-90-63-65-94(82-116(90)132(114)119)92-37-27-42-97(79-92)137(95-38-10-5-11-39-95)118-76-67-88-35-16-17-48-105(88)130(118)113-74-71-103(85-122(113)137)141(123-55-22-18-47-104(123)87-33-8-4-9-34-87)126-58-31-54-111-108-51-21-25-61-129(108)144-135(111)126/h4-85H,1-3H3. The Morgan fingerprint density at radius 2 is 0.528 bits per heavy atom. The van der Waals surface area contributed by atoms with Crippen LogP contribution in [0.1, 0.15) is 75.0 Å². The van der Waals surface area contributed by atoms with Crippen molar-refractivity contribution in [2.75, 3.05) is 14.7 Å². The summed E-state index contributed by atoms with van der Waals surface area (Å²) >= 11 is 0. The van der Waals surface area contributed by atoms with Gasteiger partial charge in [-0.2, -0.15) is 0 Å². The highest BCUT2D eigenvalue weighted by atomic mass is 16.3. The summed E-state index contributed by atoms with van der Waals surface area (Å²) in [7, 11) is 0. The maximum absolute atomic E-state index is 7.10. The van der Waals surface area contributed by atoms with Crippen molar-refractivity contribution in [3.63, 3.8) is 0 Å². The summed E-state index contributed by atoms with van der Waals surface area (Å²) in [5.41, 5.74) is 39.2. The Morgan fingerprint density at radius 3 is 1.05 bits per heavy atom. The molecule has 0 fully saturated rings. The molecule has 3 aliphatic rings. The van der Waals surface area contributed by atoms with Gasteiger partial charge in [-0.15, -0.1) is 0 Å². The average molecular weight is 1840 g/mol. The summed E-state index contributed by atoms with van der Waals surface area (Å²) in [5.74, 6) is 0. The van der Waals surface area contributed by atoms with Crippen LogP contribution in [-0.4, -0.2) is 0 Å². The third-order valence-corrected chi connectivity index (χ3v) is 31.6. The van der Waals surface area contributed by atoms with Crippen LogP contribution in [0.25, 0.3) is 165 Å². The summed E-state index contributed by atoms with van der Waals surface area (Å²) in [4.78, 5) is 7.26. The average Bonchev–Trinajstić information content (AvgIpc) is 1.52. The molecule has 6 nitrogen and oxygen atoms in total. The van der Waals surface area contributed by atoms with Crippen molar-refractivity contribution in [2.24, 2.45) is 0 Å². The molecule has 676 valence electrons. The molecule has 3 aromatic heterocycles. The van der Waals surface area contributed by atoms with E-state index in [4.69, 9.17) is 13.3 Å². The van der Waals surface area contributed by atoms with E-state index in [1.807, 2.05) is 0 Å². The van der Waals surface area contributed by atoms with Gasteiger partial charge in [0.2, 0.25) is 0 Å². The number of para-hydroxylation sites is 8. The maximum atomic E-state index is 7.10. The summed E-state index contributed by atoms with van der Waals surface area (Å²) < 4.78 is 21.0. The van der Waals surface area contributed by atoms with Gasteiger partial charge in [-0.25, -0.2) is 0 Å². The van der Waals surface area contributed by atoms with Crippen LogP contribution in [0.5, 0.6) is 0 Å². The fourth-order valence-corrected chi connectivity index (χ4v) is 25.2. The first-order valence-electron chi connectivity index (χ1n) is 49.9. The minimum atomic E-state index is -0.917. The SMILES string of the molecule is Cc1cccc(N(c2ccc3c(c2)C(c2ccccc2)(c2cccc(-c4ccc5ccc6c(c5c4)-c4ccc(N(c5ccccc5)c5cccc7c5oc5ccccc57)cc4C6(C)C)c2)c2ccc4ccc(-c5cccc(C6(c7ccccc7)c7cc(N(c8ccccc8-c8ccccc8)c8cccc9c8oc8ccccc89)ccc7-c7c6ccc6ccccc76)c5)cc4c2-3)c2cccc3c2oc2ccccc23)c1. The van der Waals surface area contributed by atoms with E-state index in [0.29, 0.717) is 0 Å². The van der Waals surface area contributed by atoms with Crippen LogP contribution >= 0.6 is 0 Å². The van der Waals surface area contributed by atoms with Crippen LogP contribution in [0.2, 0.25) is 0 Å². The van der Waals surface area contributed by atoms with Crippen LogP contribution in [0.3, 0.4) is 0 Å². The van der Waals surface area contributed by atoms with Crippen LogP contribution in [0.15, 0.2) is 511 Å². The first-order chi connectivity index (χ1) is 71.1. The maximum Gasteiger partial charge on any atom is 0.159 e.